The molecule has 1 saturated heterocycles. The Kier molecular flexibility index (Phi) is 5.53. The van der Waals surface area contributed by atoms with E-state index in [4.69, 9.17) is 4.42 Å². The summed E-state index contributed by atoms with van der Waals surface area (Å²) in [6.45, 7) is 9.06. The zero-order chi connectivity index (χ0) is 17.8. The Morgan fingerprint density at radius 2 is 2.32 bits per heavy atom. The van der Waals surface area contributed by atoms with Crippen LogP contribution in [0.15, 0.2) is 22.8 Å². The van der Waals surface area contributed by atoms with Gasteiger partial charge in [0.1, 0.15) is 17.4 Å². The molecule has 0 bridgehead atoms. The van der Waals surface area contributed by atoms with Gasteiger partial charge in [0.05, 0.1) is 18.8 Å². The standard InChI is InChI=1S/C18H27N5O2/c1-13(18(24)19-10-17-7-5-9-25-17)22-8-4-6-16(11-22)12-23-15(3)20-14(2)21-23/h5,7,9,13,16H,4,6,8,10-12H2,1-3H3,(H,19,24)/t13-,16-/m0/s1. The van der Waals surface area contributed by atoms with Crippen LogP contribution in [0.4, 0.5) is 0 Å². The molecule has 1 aliphatic heterocycles. The summed E-state index contributed by atoms with van der Waals surface area (Å²) in [5.41, 5.74) is 0. The number of carbonyl (C=O) groups excluding carboxylic acids is 1. The van der Waals surface area contributed by atoms with E-state index in [1.54, 1.807) is 6.26 Å². The zero-order valence-corrected chi connectivity index (χ0v) is 15.2. The van der Waals surface area contributed by atoms with Crippen LogP contribution in [0.3, 0.4) is 0 Å². The fraction of sp³-hybridized carbons (Fsp3) is 0.611. The van der Waals surface area contributed by atoms with Gasteiger partial charge in [0, 0.05) is 13.1 Å². The summed E-state index contributed by atoms with van der Waals surface area (Å²) < 4.78 is 7.25. The predicted molar refractivity (Wildman–Crippen MR) is 93.8 cm³/mol. The van der Waals surface area contributed by atoms with Gasteiger partial charge in [-0.1, -0.05) is 0 Å². The molecule has 2 aromatic rings. The van der Waals surface area contributed by atoms with Crippen LogP contribution in [0, 0.1) is 19.8 Å². The Morgan fingerprint density at radius 3 is 3.00 bits per heavy atom. The molecule has 0 spiro atoms. The summed E-state index contributed by atoms with van der Waals surface area (Å²) in [5, 5.41) is 7.42. The van der Waals surface area contributed by atoms with Gasteiger partial charge < -0.3 is 9.73 Å². The lowest BCUT2D eigenvalue weighted by Gasteiger charge is -2.36. The Bertz CT molecular complexity index is 694. The number of nitrogens with zero attached hydrogens (tertiary/aromatic N) is 4. The summed E-state index contributed by atoms with van der Waals surface area (Å²) >= 11 is 0. The molecule has 3 heterocycles. The maximum absolute atomic E-state index is 12.4. The molecular weight excluding hydrogens is 318 g/mol. The van der Waals surface area contributed by atoms with Crippen LogP contribution in [0.1, 0.15) is 37.2 Å². The third-order valence-corrected chi connectivity index (χ3v) is 4.89. The maximum Gasteiger partial charge on any atom is 0.237 e. The minimum absolute atomic E-state index is 0.0461. The SMILES string of the molecule is Cc1nc(C)n(C[C@H]2CCCN([C@@H](C)C(=O)NCc3ccco3)C2)n1. The van der Waals surface area contributed by atoms with Crippen molar-refractivity contribution in [1.82, 2.24) is 25.0 Å². The van der Waals surface area contributed by atoms with Crippen molar-refractivity contribution in [3.8, 4) is 0 Å². The smallest absolute Gasteiger partial charge is 0.237 e. The molecule has 2 atom stereocenters. The molecule has 1 N–H and O–H groups in total. The monoisotopic (exact) mass is 345 g/mol. The Labute approximate surface area is 148 Å². The molecule has 0 aliphatic carbocycles. The number of amides is 1. The number of piperidine rings is 1. The number of hydrogen-bond acceptors (Lipinski definition) is 5. The first-order valence-electron chi connectivity index (χ1n) is 8.95. The lowest BCUT2D eigenvalue weighted by atomic mass is 9.96. The molecule has 1 amide bonds. The van der Waals surface area contributed by atoms with Crippen LogP contribution in [0.25, 0.3) is 0 Å². The van der Waals surface area contributed by atoms with Gasteiger partial charge in [-0.05, 0) is 58.2 Å². The van der Waals surface area contributed by atoms with Crippen LogP contribution in [0.5, 0.6) is 0 Å². The molecule has 1 aliphatic rings. The van der Waals surface area contributed by atoms with E-state index in [2.05, 4.69) is 20.3 Å². The van der Waals surface area contributed by atoms with E-state index in [-0.39, 0.29) is 11.9 Å². The summed E-state index contributed by atoms with van der Waals surface area (Å²) in [7, 11) is 0. The molecule has 0 aromatic carbocycles. The van der Waals surface area contributed by atoms with Crippen molar-refractivity contribution < 1.29 is 9.21 Å². The van der Waals surface area contributed by atoms with Crippen LogP contribution >= 0.6 is 0 Å². The lowest BCUT2D eigenvalue weighted by Crippen LogP contribution is -2.49. The number of furan rings is 1. The summed E-state index contributed by atoms with van der Waals surface area (Å²) in [5.74, 6) is 3.09. The van der Waals surface area contributed by atoms with E-state index in [1.807, 2.05) is 37.6 Å². The first-order chi connectivity index (χ1) is 12.0. The highest BCUT2D eigenvalue weighted by Crippen LogP contribution is 2.20. The van der Waals surface area contributed by atoms with E-state index in [9.17, 15) is 4.79 Å². The number of hydrogen-bond donors (Lipinski definition) is 1. The molecule has 7 nitrogen and oxygen atoms in total. The van der Waals surface area contributed by atoms with Crippen molar-refractivity contribution in [1.29, 1.82) is 0 Å². The molecule has 1 fully saturated rings. The van der Waals surface area contributed by atoms with E-state index >= 15 is 0 Å². The van der Waals surface area contributed by atoms with Gasteiger partial charge in [0.25, 0.3) is 0 Å². The number of aromatic nitrogens is 3. The lowest BCUT2D eigenvalue weighted by molar-refractivity contribution is -0.126. The predicted octanol–water partition coefficient (Wildman–Crippen LogP) is 1.90. The summed E-state index contributed by atoms with van der Waals surface area (Å²) in [6.07, 6.45) is 3.89. The highest BCUT2D eigenvalue weighted by atomic mass is 16.3. The molecule has 136 valence electrons. The fourth-order valence-corrected chi connectivity index (χ4v) is 3.48. The molecule has 3 rings (SSSR count). The number of nitrogens with one attached hydrogen (secondary N) is 1. The Hall–Kier alpha value is -2.15. The maximum atomic E-state index is 12.4. The normalized spacial score (nSPS) is 19.7. The van der Waals surface area contributed by atoms with Gasteiger partial charge >= 0.3 is 0 Å². The van der Waals surface area contributed by atoms with E-state index in [0.717, 1.165) is 49.9 Å². The van der Waals surface area contributed by atoms with E-state index in [0.29, 0.717) is 12.5 Å². The van der Waals surface area contributed by atoms with Crippen molar-refractivity contribution in [2.75, 3.05) is 13.1 Å². The van der Waals surface area contributed by atoms with E-state index < -0.39 is 0 Å². The highest BCUT2D eigenvalue weighted by Gasteiger charge is 2.28. The average Bonchev–Trinajstić information content (AvgIpc) is 3.22. The van der Waals surface area contributed by atoms with Crippen LogP contribution in [-0.2, 0) is 17.9 Å². The molecular formula is C18H27N5O2. The van der Waals surface area contributed by atoms with E-state index in [1.165, 1.54) is 0 Å². The number of carbonyl (C=O) groups is 1. The second-order valence-corrected chi connectivity index (χ2v) is 6.86. The fourth-order valence-electron chi connectivity index (χ4n) is 3.48. The number of rotatable bonds is 6. The molecule has 0 saturated carbocycles. The summed E-state index contributed by atoms with van der Waals surface area (Å²) in [4.78, 5) is 19.1. The van der Waals surface area contributed by atoms with Gasteiger partial charge in [-0.3, -0.25) is 9.69 Å². The van der Waals surface area contributed by atoms with Gasteiger partial charge in [0.2, 0.25) is 5.91 Å². The van der Waals surface area contributed by atoms with Gasteiger partial charge in [-0.15, -0.1) is 0 Å². The quantitative estimate of drug-likeness (QED) is 0.865. The number of likely N-dealkylation sites (tertiary alicyclic amines) is 1. The first kappa shape index (κ1) is 17.7. The molecule has 0 unspecified atom stereocenters. The van der Waals surface area contributed by atoms with Crippen molar-refractivity contribution >= 4 is 5.91 Å². The molecule has 25 heavy (non-hydrogen) atoms. The van der Waals surface area contributed by atoms with Crippen molar-refractivity contribution in [3.05, 3.63) is 35.8 Å². The van der Waals surface area contributed by atoms with Gasteiger partial charge in [0.15, 0.2) is 0 Å². The zero-order valence-electron chi connectivity index (χ0n) is 15.2. The number of aryl methyl sites for hydroxylation is 2. The highest BCUT2D eigenvalue weighted by molar-refractivity contribution is 5.81. The van der Waals surface area contributed by atoms with Crippen LogP contribution < -0.4 is 5.32 Å². The van der Waals surface area contributed by atoms with Crippen LogP contribution in [-0.4, -0.2) is 44.7 Å². The van der Waals surface area contributed by atoms with Gasteiger partial charge in [-0.25, -0.2) is 9.67 Å². The Morgan fingerprint density at radius 1 is 1.48 bits per heavy atom. The first-order valence-corrected chi connectivity index (χ1v) is 8.95. The van der Waals surface area contributed by atoms with Crippen molar-refractivity contribution in [3.63, 3.8) is 0 Å². The second-order valence-electron chi connectivity index (χ2n) is 6.86. The minimum atomic E-state index is -0.142. The third-order valence-electron chi connectivity index (χ3n) is 4.89. The van der Waals surface area contributed by atoms with Crippen LogP contribution in [0.2, 0.25) is 0 Å². The second kappa shape index (κ2) is 7.82. The van der Waals surface area contributed by atoms with Crippen molar-refractivity contribution in [2.24, 2.45) is 5.92 Å². The van der Waals surface area contributed by atoms with Gasteiger partial charge in [-0.2, -0.15) is 5.10 Å². The topological polar surface area (TPSA) is 76.2 Å². The molecule has 7 heteroatoms. The minimum Gasteiger partial charge on any atom is -0.467 e. The Balaban J connectivity index is 1.53. The third kappa shape index (κ3) is 4.48. The summed E-state index contributed by atoms with van der Waals surface area (Å²) in [6, 6.07) is 3.55. The molecule has 0 radical (unpaired) electrons. The average molecular weight is 345 g/mol. The molecule has 2 aromatic heterocycles. The van der Waals surface area contributed by atoms with Crippen molar-refractivity contribution in [2.45, 2.75) is 52.7 Å². The largest absolute Gasteiger partial charge is 0.467 e.